The van der Waals surface area contributed by atoms with Crippen molar-refractivity contribution in [2.45, 2.75) is 13.0 Å². The third-order valence-corrected chi connectivity index (χ3v) is 2.87. The molecule has 0 amide bonds. The minimum atomic E-state index is 0.269. The van der Waals surface area contributed by atoms with E-state index in [0.29, 0.717) is 0 Å². The summed E-state index contributed by atoms with van der Waals surface area (Å²) in [6, 6.07) is 9.20. The van der Waals surface area contributed by atoms with Gasteiger partial charge < -0.3 is 14.8 Å². The summed E-state index contributed by atoms with van der Waals surface area (Å²) in [6.45, 7) is 1.84. The largest absolute Gasteiger partial charge is 0.508 e. The number of phenols is 1. The van der Waals surface area contributed by atoms with E-state index in [0.717, 1.165) is 36.6 Å². The molecule has 0 bridgehead atoms. The van der Waals surface area contributed by atoms with Crippen molar-refractivity contribution in [1.29, 1.82) is 0 Å². The molecule has 16 heavy (non-hydrogen) atoms. The highest BCUT2D eigenvalue weighted by molar-refractivity contribution is 5.61. The summed E-state index contributed by atoms with van der Waals surface area (Å²) in [6.07, 6.45) is 0.939. The molecule has 0 saturated carbocycles. The lowest BCUT2D eigenvalue weighted by Crippen LogP contribution is -2.22. The van der Waals surface area contributed by atoms with Crippen LogP contribution >= 0.6 is 0 Å². The normalized spacial score (nSPS) is 14.8. The van der Waals surface area contributed by atoms with E-state index in [1.54, 1.807) is 12.1 Å². The van der Waals surface area contributed by atoms with Crippen LogP contribution in [-0.4, -0.2) is 11.7 Å². The number of nitrogens with one attached hydrogen (secondary N) is 1. The summed E-state index contributed by atoms with van der Waals surface area (Å²) in [4.78, 5) is 0. The van der Waals surface area contributed by atoms with Crippen LogP contribution in [0.25, 0.3) is 11.3 Å². The van der Waals surface area contributed by atoms with E-state index in [1.807, 2.05) is 12.1 Å². The van der Waals surface area contributed by atoms with Gasteiger partial charge in [0.25, 0.3) is 0 Å². The van der Waals surface area contributed by atoms with Crippen LogP contribution in [0.2, 0.25) is 0 Å². The fraction of sp³-hybridized carbons (Fsp3) is 0.231. The maximum Gasteiger partial charge on any atom is 0.134 e. The van der Waals surface area contributed by atoms with Crippen LogP contribution in [0.15, 0.2) is 34.7 Å². The number of phenolic OH excluding ortho intramolecular Hbond substituents is 1. The third kappa shape index (κ3) is 1.59. The first-order valence-corrected chi connectivity index (χ1v) is 5.44. The number of aromatic hydroxyl groups is 1. The first-order chi connectivity index (χ1) is 7.83. The van der Waals surface area contributed by atoms with Gasteiger partial charge >= 0.3 is 0 Å². The van der Waals surface area contributed by atoms with Crippen molar-refractivity contribution in [3.8, 4) is 17.1 Å². The van der Waals surface area contributed by atoms with Gasteiger partial charge in [0, 0.05) is 30.6 Å². The molecular weight excluding hydrogens is 202 g/mol. The lowest BCUT2D eigenvalue weighted by molar-refractivity contribution is 0.472. The summed E-state index contributed by atoms with van der Waals surface area (Å²) in [5, 5.41) is 12.7. The fourth-order valence-electron chi connectivity index (χ4n) is 2.05. The van der Waals surface area contributed by atoms with Gasteiger partial charge in [-0.25, -0.2) is 0 Å². The molecule has 0 atom stereocenters. The zero-order valence-electron chi connectivity index (χ0n) is 8.86. The quantitative estimate of drug-likeness (QED) is 0.767. The van der Waals surface area contributed by atoms with Gasteiger partial charge in [0.2, 0.25) is 0 Å². The predicted molar refractivity (Wildman–Crippen MR) is 61.2 cm³/mol. The highest BCUT2D eigenvalue weighted by Gasteiger charge is 2.15. The molecule has 0 spiro atoms. The molecule has 0 fully saturated rings. The summed E-state index contributed by atoms with van der Waals surface area (Å²) in [7, 11) is 0. The van der Waals surface area contributed by atoms with Crippen LogP contribution in [0.5, 0.6) is 5.75 Å². The number of furan rings is 1. The third-order valence-electron chi connectivity index (χ3n) is 2.87. The van der Waals surface area contributed by atoms with E-state index in [1.165, 1.54) is 5.56 Å². The van der Waals surface area contributed by atoms with Gasteiger partial charge in [0.15, 0.2) is 0 Å². The smallest absolute Gasteiger partial charge is 0.134 e. The van der Waals surface area contributed by atoms with Gasteiger partial charge in [-0.2, -0.15) is 0 Å². The average Bonchev–Trinajstić information content (AvgIpc) is 2.72. The Labute approximate surface area is 93.7 Å². The molecule has 3 heteroatoms. The molecule has 2 N–H and O–H groups in total. The van der Waals surface area contributed by atoms with E-state index >= 15 is 0 Å². The summed E-state index contributed by atoms with van der Waals surface area (Å²) < 4.78 is 5.80. The minimum absolute atomic E-state index is 0.269. The number of benzene rings is 1. The lowest BCUT2D eigenvalue weighted by atomic mass is 10.1. The van der Waals surface area contributed by atoms with E-state index in [2.05, 4.69) is 11.4 Å². The first kappa shape index (κ1) is 9.48. The molecule has 1 aliphatic rings. The Balaban J connectivity index is 2.03. The molecule has 0 radical (unpaired) electrons. The molecule has 1 aromatic carbocycles. The van der Waals surface area contributed by atoms with Gasteiger partial charge in [-0.3, -0.25) is 0 Å². The molecule has 0 unspecified atom stereocenters. The number of hydrogen-bond acceptors (Lipinski definition) is 3. The van der Waals surface area contributed by atoms with Crippen LogP contribution < -0.4 is 5.32 Å². The molecule has 3 rings (SSSR count). The number of rotatable bonds is 1. The summed E-state index contributed by atoms with van der Waals surface area (Å²) >= 11 is 0. The Morgan fingerprint density at radius 2 is 2.19 bits per heavy atom. The maximum absolute atomic E-state index is 9.42. The van der Waals surface area contributed by atoms with E-state index in [4.69, 9.17) is 4.42 Å². The zero-order chi connectivity index (χ0) is 11.0. The molecule has 1 aromatic heterocycles. The Bertz CT molecular complexity index is 493. The van der Waals surface area contributed by atoms with Crippen molar-refractivity contribution >= 4 is 0 Å². The lowest BCUT2D eigenvalue weighted by Gasteiger charge is -2.09. The van der Waals surface area contributed by atoms with Crippen LogP contribution in [-0.2, 0) is 13.0 Å². The fourth-order valence-corrected chi connectivity index (χ4v) is 2.05. The van der Waals surface area contributed by atoms with E-state index in [9.17, 15) is 5.11 Å². The van der Waals surface area contributed by atoms with Crippen molar-refractivity contribution in [1.82, 2.24) is 5.32 Å². The summed E-state index contributed by atoms with van der Waals surface area (Å²) in [5.41, 5.74) is 2.15. The molecular formula is C13H13NO2. The second-order valence-corrected chi connectivity index (χ2v) is 4.04. The standard InChI is InChI=1S/C13H13NO2/c15-11-3-1-2-9(6-11)13-7-10-8-14-5-4-12(10)16-13/h1-3,6-7,14-15H,4-5,8H2. The van der Waals surface area contributed by atoms with E-state index in [-0.39, 0.29) is 5.75 Å². The topological polar surface area (TPSA) is 45.4 Å². The van der Waals surface area contributed by atoms with Crippen molar-refractivity contribution < 1.29 is 9.52 Å². The van der Waals surface area contributed by atoms with Crippen molar-refractivity contribution in [3.63, 3.8) is 0 Å². The summed E-state index contributed by atoms with van der Waals surface area (Å²) in [5.74, 6) is 2.17. The van der Waals surface area contributed by atoms with Crippen LogP contribution in [0.1, 0.15) is 11.3 Å². The van der Waals surface area contributed by atoms with Crippen LogP contribution in [0, 0.1) is 0 Å². The van der Waals surface area contributed by atoms with Gasteiger partial charge in [-0.05, 0) is 18.2 Å². The SMILES string of the molecule is Oc1cccc(-c2cc3c(o2)CCNC3)c1. The molecule has 0 aliphatic carbocycles. The minimum Gasteiger partial charge on any atom is -0.508 e. The van der Waals surface area contributed by atoms with Crippen molar-refractivity contribution in [2.75, 3.05) is 6.54 Å². The monoisotopic (exact) mass is 215 g/mol. The van der Waals surface area contributed by atoms with Crippen LogP contribution in [0.4, 0.5) is 0 Å². The average molecular weight is 215 g/mol. The Morgan fingerprint density at radius 3 is 3.00 bits per heavy atom. The maximum atomic E-state index is 9.42. The number of hydrogen-bond donors (Lipinski definition) is 2. The van der Waals surface area contributed by atoms with Gasteiger partial charge in [0.05, 0.1) is 0 Å². The van der Waals surface area contributed by atoms with Gasteiger partial charge in [-0.15, -0.1) is 0 Å². The first-order valence-electron chi connectivity index (χ1n) is 5.44. The molecule has 82 valence electrons. The zero-order valence-corrected chi connectivity index (χ0v) is 8.86. The Morgan fingerprint density at radius 1 is 1.25 bits per heavy atom. The Kier molecular flexibility index (Phi) is 2.18. The molecule has 1 aliphatic heterocycles. The molecule has 2 heterocycles. The molecule has 3 nitrogen and oxygen atoms in total. The molecule has 0 saturated heterocycles. The highest BCUT2D eigenvalue weighted by atomic mass is 16.3. The predicted octanol–water partition coefficient (Wildman–Crippen LogP) is 2.30. The molecule has 2 aromatic rings. The van der Waals surface area contributed by atoms with Crippen molar-refractivity contribution in [2.24, 2.45) is 0 Å². The van der Waals surface area contributed by atoms with E-state index < -0.39 is 0 Å². The van der Waals surface area contributed by atoms with Crippen molar-refractivity contribution in [3.05, 3.63) is 41.7 Å². The second kappa shape index (κ2) is 3.68. The second-order valence-electron chi connectivity index (χ2n) is 4.04. The van der Waals surface area contributed by atoms with Gasteiger partial charge in [-0.1, -0.05) is 12.1 Å². The van der Waals surface area contributed by atoms with Gasteiger partial charge in [0.1, 0.15) is 17.3 Å². The van der Waals surface area contributed by atoms with Crippen LogP contribution in [0.3, 0.4) is 0 Å². The number of fused-ring (bicyclic) bond motifs is 1. The Hall–Kier alpha value is -1.74. The highest BCUT2D eigenvalue weighted by Crippen LogP contribution is 2.29.